The average Bonchev–Trinajstić information content (AvgIpc) is 2.48. The average molecular weight is 269 g/mol. The normalized spacial score (nSPS) is 18.1. The third-order valence-electron chi connectivity index (χ3n) is 4.57. The summed E-state index contributed by atoms with van der Waals surface area (Å²) in [6.07, 6.45) is 8.57. The molecule has 1 aliphatic rings. The van der Waals surface area contributed by atoms with Crippen LogP contribution in [0.3, 0.4) is 0 Å². The second-order valence-electron chi connectivity index (χ2n) is 6.33. The van der Waals surface area contributed by atoms with Crippen LogP contribution in [0.25, 0.3) is 10.9 Å². The number of anilines is 2. The van der Waals surface area contributed by atoms with Gasteiger partial charge in [0.1, 0.15) is 0 Å². The zero-order valence-corrected chi connectivity index (χ0v) is 12.2. The summed E-state index contributed by atoms with van der Waals surface area (Å²) in [7, 11) is 0. The third kappa shape index (κ3) is 2.58. The number of benzene rings is 1. The zero-order valence-electron chi connectivity index (χ0n) is 12.2. The summed E-state index contributed by atoms with van der Waals surface area (Å²) in [5.41, 5.74) is 9.21. The standard InChI is InChI=1S/C17H23N3/c1-17(9-3-2-4-10-17)12-20-15-8-7-14(18)16-13(15)6-5-11-19-16/h5-8,11,20H,2-4,9-10,12,18H2,1H3. The van der Waals surface area contributed by atoms with E-state index in [1.54, 1.807) is 6.20 Å². The molecule has 0 saturated heterocycles. The molecule has 1 aromatic heterocycles. The molecule has 0 amide bonds. The van der Waals surface area contributed by atoms with E-state index in [4.69, 9.17) is 5.73 Å². The van der Waals surface area contributed by atoms with Gasteiger partial charge >= 0.3 is 0 Å². The first-order valence-electron chi connectivity index (χ1n) is 7.55. The number of hydrogen-bond donors (Lipinski definition) is 2. The van der Waals surface area contributed by atoms with E-state index in [9.17, 15) is 0 Å². The van der Waals surface area contributed by atoms with Crippen molar-refractivity contribution in [3.8, 4) is 0 Å². The summed E-state index contributed by atoms with van der Waals surface area (Å²) in [6.45, 7) is 3.43. The van der Waals surface area contributed by atoms with Crippen molar-refractivity contribution in [3.63, 3.8) is 0 Å². The van der Waals surface area contributed by atoms with Crippen molar-refractivity contribution in [1.82, 2.24) is 4.98 Å². The number of aromatic nitrogens is 1. The van der Waals surface area contributed by atoms with E-state index in [0.29, 0.717) is 5.41 Å². The van der Waals surface area contributed by atoms with Crippen LogP contribution in [0.2, 0.25) is 0 Å². The molecule has 1 heterocycles. The van der Waals surface area contributed by atoms with E-state index >= 15 is 0 Å². The lowest BCUT2D eigenvalue weighted by molar-refractivity contribution is 0.233. The Morgan fingerprint density at radius 3 is 2.80 bits per heavy atom. The van der Waals surface area contributed by atoms with E-state index in [-0.39, 0.29) is 0 Å². The molecule has 0 atom stereocenters. The molecule has 2 aromatic rings. The molecule has 1 saturated carbocycles. The lowest BCUT2D eigenvalue weighted by atomic mass is 9.75. The van der Waals surface area contributed by atoms with Gasteiger partial charge < -0.3 is 11.1 Å². The van der Waals surface area contributed by atoms with Gasteiger partial charge in [-0.05, 0) is 42.5 Å². The summed E-state index contributed by atoms with van der Waals surface area (Å²) in [5.74, 6) is 0. The minimum atomic E-state index is 0.425. The van der Waals surface area contributed by atoms with E-state index in [1.165, 1.54) is 32.1 Å². The first-order chi connectivity index (χ1) is 9.68. The SMILES string of the molecule is CC1(CNc2ccc(N)c3ncccc23)CCCCC1. The van der Waals surface area contributed by atoms with Crippen LogP contribution in [-0.4, -0.2) is 11.5 Å². The second-order valence-corrected chi connectivity index (χ2v) is 6.33. The lowest BCUT2D eigenvalue weighted by Gasteiger charge is -2.34. The summed E-state index contributed by atoms with van der Waals surface area (Å²) in [6, 6.07) is 8.08. The van der Waals surface area contributed by atoms with Gasteiger partial charge in [-0.15, -0.1) is 0 Å². The van der Waals surface area contributed by atoms with E-state index < -0.39 is 0 Å². The number of pyridine rings is 1. The highest BCUT2D eigenvalue weighted by Gasteiger charge is 2.26. The highest BCUT2D eigenvalue weighted by molar-refractivity contribution is 5.98. The molecule has 0 bridgehead atoms. The number of fused-ring (bicyclic) bond motifs is 1. The molecule has 1 fully saturated rings. The van der Waals surface area contributed by atoms with Crippen molar-refractivity contribution >= 4 is 22.3 Å². The van der Waals surface area contributed by atoms with Crippen LogP contribution in [-0.2, 0) is 0 Å². The van der Waals surface area contributed by atoms with Crippen LogP contribution in [0.15, 0.2) is 30.5 Å². The Morgan fingerprint density at radius 2 is 2.00 bits per heavy atom. The van der Waals surface area contributed by atoms with E-state index in [2.05, 4.69) is 29.4 Å². The van der Waals surface area contributed by atoms with Crippen molar-refractivity contribution in [3.05, 3.63) is 30.5 Å². The maximum Gasteiger partial charge on any atom is 0.0951 e. The molecule has 3 rings (SSSR count). The summed E-state index contributed by atoms with van der Waals surface area (Å²) in [5, 5.41) is 4.75. The fraction of sp³-hybridized carbons (Fsp3) is 0.471. The van der Waals surface area contributed by atoms with Gasteiger partial charge in [0.25, 0.3) is 0 Å². The predicted octanol–water partition coefficient (Wildman–Crippen LogP) is 4.20. The Morgan fingerprint density at radius 1 is 1.20 bits per heavy atom. The van der Waals surface area contributed by atoms with Crippen molar-refractivity contribution < 1.29 is 0 Å². The second kappa shape index (κ2) is 5.31. The van der Waals surface area contributed by atoms with Gasteiger partial charge in [0, 0.05) is 23.8 Å². The lowest BCUT2D eigenvalue weighted by Crippen LogP contribution is -2.28. The number of nitrogens with two attached hydrogens (primary N) is 1. The maximum atomic E-state index is 6.00. The molecular weight excluding hydrogens is 246 g/mol. The van der Waals surface area contributed by atoms with Gasteiger partial charge in [0.05, 0.1) is 11.2 Å². The summed E-state index contributed by atoms with van der Waals surface area (Å²) < 4.78 is 0. The fourth-order valence-corrected chi connectivity index (χ4v) is 3.24. The number of nitrogens with one attached hydrogen (secondary N) is 1. The van der Waals surface area contributed by atoms with Crippen molar-refractivity contribution in [2.24, 2.45) is 5.41 Å². The maximum absolute atomic E-state index is 6.00. The molecular formula is C17H23N3. The van der Waals surface area contributed by atoms with Crippen molar-refractivity contribution in [2.45, 2.75) is 39.0 Å². The van der Waals surface area contributed by atoms with Crippen LogP contribution in [0, 0.1) is 5.41 Å². The van der Waals surface area contributed by atoms with Gasteiger partial charge in [-0.1, -0.05) is 26.2 Å². The smallest absolute Gasteiger partial charge is 0.0951 e. The highest BCUT2D eigenvalue weighted by atomic mass is 14.9. The molecule has 1 aliphatic carbocycles. The van der Waals surface area contributed by atoms with E-state index in [0.717, 1.165) is 28.8 Å². The van der Waals surface area contributed by atoms with Gasteiger partial charge in [-0.2, -0.15) is 0 Å². The molecule has 0 radical (unpaired) electrons. The zero-order chi connectivity index (χ0) is 14.0. The summed E-state index contributed by atoms with van der Waals surface area (Å²) >= 11 is 0. The molecule has 106 valence electrons. The first-order valence-corrected chi connectivity index (χ1v) is 7.55. The molecule has 0 spiro atoms. The van der Waals surface area contributed by atoms with Crippen molar-refractivity contribution in [2.75, 3.05) is 17.6 Å². The first kappa shape index (κ1) is 13.2. The molecule has 0 aliphatic heterocycles. The minimum absolute atomic E-state index is 0.425. The Kier molecular flexibility index (Phi) is 3.51. The number of nitrogen functional groups attached to an aromatic ring is 1. The quantitative estimate of drug-likeness (QED) is 0.821. The topological polar surface area (TPSA) is 50.9 Å². The molecule has 3 heteroatoms. The van der Waals surface area contributed by atoms with Crippen LogP contribution in [0.5, 0.6) is 0 Å². The molecule has 20 heavy (non-hydrogen) atoms. The van der Waals surface area contributed by atoms with Crippen LogP contribution in [0.4, 0.5) is 11.4 Å². The van der Waals surface area contributed by atoms with Crippen LogP contribution < -0.4 is 11.1 Å². The monoisotopic (exact) mass is 269 g/mol. The van der Waals surface area contributed by atoms with Crippen molar-refractivity contribution in [1.29, 1.82) is 0 Å². The van der Waals surface area contributed by atoms with Crippen LogP contribution >= 0.6 is 0 Å². The molecule has 1 aromatic carbocycles. The van der Waals surface area contributed by atoms with Gasteiger partial charge in [-0.3, -0.25) is 4.98 Å². The van der Waals surface area contributed by atoms with Crippen LogP contribution in [0.1, 0.15) is 39.0 Å². The number of nitrogens with zero attached hydrogens (tertiary/aromatic N) is 1. The number of rotatable bonds is 3. The third-order valence-corrected chi connectivity index (χ3v) is 4.57. The Bertz CT molecular complexity index is 600. The Labute approximate surface area is 120 Å². The molecule has 3 N–H and O–H groups in total. The van der Waals surface area contributed by atoms with Gasteiger partial charge in [0.2, 0.25) is 0 Å². The highest BCUT2D eigenvalue weighted by Crippen LogP contribution is 2.36. The Balaban J connectivity index is 1.82. The molecule has 0 unspecified atom stereocenters. The minimum Gasteiger partial charge on any atom is -0.397 e. The Hall–Kier alpha value is -1.77. The molecule has 3 nitrogen and oxygen atoms in total. The summed E-state index contributed by atoms with van der Waals surface area (Å²) in [4.78, 5) is 4.39. The van der Waals surface area contributed by atoms with Gasteiger partial charge in [-0.25, -0.2) is 0 Å². The predicted molar refractivity (Wildman–Crippen MR) is 85.8 cm³/mol. The largest absolute Gasteiger partial charge is 0.397 e. The number of hydrogen-bond acceptors (Lipinski definition) is 3. The van der Waals surface area contributed by atoms with Gasteiger partial charge in [0.15, 0.2) is 0 Å². The van der Waals surface area contributed by atoms with E-state index in [1.807, 2.05) is 12.1 Å². The fourth-order valence-electron chi connectivity index (χ4n) is 3.24.